The summed E-state index contributed by atoms with van der Waals surface area (Å²) in [6, 6.07) is 0. The van der Waals surface area contributed by atoms with Crippen molar-refractivity contribution in [2.75, 3.05) is 0 Å². The van der Waals surface area contributed by atoms with Crippen LogP contribution in [0, 0.1) is 0 Å². The Balaban J connectivity index is 2.17. The van der Waals surface area contributed by atoms with E-state index in [0.717, 1.165) is 5.89 Å². The molecule has 2 rings (SSSR count). The van der Waals surface area contributed by atoms with Gasteiger partial charge in [0, 0.05) is 5.92 Å². The van der Waals surface area contributed by atoms with E-state index < -0.39 is 0 Å². The molecule has 12 heavy (non-hydrogen) atoms. The van der Waals surface area contributed by atoms with Crippen molar-refractivity contribution in [3.8, 4) is 0 Å². The Labute approximate surface area is 76.0 Å². The zero-order chi connectivity index (χ0) is 8.55. The van der Waals surface area contributed by atoms with E-state index in [2.05, 4.69) is 4.98 Å². The number of nitrogens with zero attached hydrogens (tertiary/aromatic N) is 1. The van der Waals surface area contributed by atoms with Crippen molar-refractivity contribution < 1.29 is 4.42 Å². The first-order chi connectivity index (χ1) is 5.77. The molecular weight excluding hydrogens is 172 g/mol. The fourth-order valence-electron chi connectivity index (χ4n) is 1.24. The molecule has 1 fully saturated rings. The number of hydrogen-bond donors (Lipinski definition) is 1. The molecule has 0 aromatic carbocycles. The van der Waals surface area contributed by atoms with Gasteiger partial charge in [0.05, 0.1) is 0 Å². The van der Waals surface area contributed by atoms with Gasteiger partial charge in [-0.15, -0.1) is 0 Å². The van der Waals surface area contributed by atoms with E-state index in [1.165, 1.54) is 25.5 Å². The van der Waals surface area contributed by atoms with E-state index in [9.17, 15) is 0 Å². The zero-order valence-corrected chi connectivity index (χ0v) is 7.43. The van der Waals surface area contributed by atoms with Gasteiger partial charge in [0.15, 0.2) is 5.89 Å². The Morgan fingerprint density at radius 2 is 2.42 bits per heavy atom. The lowest BCUT2D eigenvalue weighted by Crippen LogP contribution is -2.12. The first-order valence-electron chi connectivity index (χ1n) is 4.02. The summed E-state index contributed by atoms with van der Waals surface area (Å²) in [5.74, 6) is 1.30. The third-order valence-electron chi connectivity index (χ3n) is 2.23. The first kappa shape index (κ1) is 7.73. The van der Waals surface area contributed by atoms with Gasteiger partial charge in [-0.05, 0) is 12.8 Å². The lowest BCUT2D eigenvalue weighted by atomic mass is 9.85. The number of aromatic nitrogens is 1. The number of hydrogen-bond acceptors (Lipinski definition) is 3. The number of nitrogens with two attached hydrogens (primary N) is 1. The molecule has 0 saturated heterocycles. The first-order valence-corrected chi connectivity index (χ1v) is 4.43. The molecule has 0 bridgehead atoms. The minimum absolute atomic E-state index is 0.310. The minimum Gasteiger partial charge on any atom is -0.448 e. The molecular formula is C8H10N2OS. The van der Waals surface area contributed by atoms with Gasteiger partial charge in [0.25, 0.3) is 0 Å². The van der Waals surface area contributed by atoms with E-state index in [-0.39, 0.29) is 0 Å². The second-order valence-corrected chi connectivity index (χ2v) is 3.50. The van der Waals surface area contributed by atoms with Crippen LogP contribution in [0.4, 0.5) is 0 Å². The second-order valence-electron chi connectivity index (χ2n) is 3.06. The fourth-order valence-corrected chi connectivity index (χ4v) is 1.34. The highest BCUT2D eigenvalue weighted by atomic mass is 32.1. The average Bonchev–Trinajstić information content (AvgIpc) is 2.32. The molecule has 1 aliphatic rings. The van der Waals surface area contributed by atoms with Gasteiger partial charge in [0.2, 0.25) is 0 Å². The topological polar surface area (TPSA) is 52.0 Å². The minimum atomic E-state index is 0.310. The van der Waals surface area contributed by atoms with Gasteiger partial charge < -0.3 is 10.2 Å². The van der Waals surface area contributed by atoms with E-state index in [1.807, 2.05) is 0 Å². The quantitative estimate of drug-likeness (QED) is 0.705. The lowest BCUT2D eigenvalue weighted by molar-refractivity contribution is 0.335. The third-order valence-corrected chi connectivity index (χ3v) is 2.44. The summed E-state index contributed by atoms with van der Waals surface area (Å²) in [6.07, 6.45) is 5.17. The average molecular weight is 182 g/mol. The van der Waals surface area contributed by atoms with Gasteiger partial charge in [0.1, 0.15) is 16.9 Å². The van der Waals surface area contributed by atoms with Crippen molar-refractivity contribution in [1.29, 1.82) is 0 Å². The normalized spacial score (nSPS) is 17.3. The van der Waals surface area contributed by atoms with Crippen molar-refractivity contribution in [3.05, 3.63) is 17.8 Å². The molecule has 1 aromatic rings. The van der Waals surface area contributed by atoms with Crippen molar-refractivity contribution in [3.63, 3.8) is 0 Å². The van der Waals surface area contributed by atoms with Crippen LogP contribution in [0.1, 0.15) is 36.8 Å². The molecule has 64 valence electrons. The molecule has 0 radical (unpaired) electrons. The predicted octanol–water partition coefficient (Wildman–Crippen LogP) is 1.58. The smallest absolute Gasteiger partial charge is 0.197 e. The molecule has 1 saturated carbocycles. The van der Waals surface area contributed by atoms with Crippen LogP contribution in [0.3, 0.4) is 0 Å². The van der Waals surface area contributed by atoms with Gasteiger partial charge in [-0.25, -0.2) is 4.98 Å². The summed E-state index contributed by atoms with van der Waals surface area (Å²) in [7, 11) is 0. The summed E-state index contributed by atoms with van der Waals surface area (Å²) in [4.78, 5) is 4.51. The van der Waals surface area contributed by atoms with Crippen LogP contribution >= 0.6 is 12.2 Å². The fraction of sp³-hybridized carbons (Fsp3) is 0.500. The monoisotopic (exact) mass is 182 g/mol. The van der Waals surface area contributed by atoms with Crippen LogP contribution in [0.15, 0.2) is 10.7 Å². The molecule has 0 atom stereocenters. The van der Waals surface area contributed by atoms with Crippen LogP contribution in [-0.2, 0) is 0 Å². The van der Waals surface area contributed by atoms with E-state index in [1.54, 1.807) is 0 Å². The third kappa shape index (κ3) is 1.22. The highest BCUT2D eigenvalue weighted by molar-refractivity contribution is 7.80. The Morgan fingerprint density at radius 1 is 1.67 bits per heavy atom. The van der Waals surface area contributed by atoms with E-state index in [4.69, 9.17) is 22.4 Å². The maximum atomic E-state index is 5.40. The van der Waals surface area contributed by atoms with Crippen LogP contribution in [0.5, 0.6) is 0 Å². The van der Waals surface area contributed by atoms with E-state index in [0.29, 0.717) is 16.6 Å². The highest BCUT2D eigenvalue weighted by Gasteiger charge is 2.24. The Morgan fingerprint density at radius 3 is 2.83 bits per heavy atom. The number of oxazole rings is 1. The van der Waals surface area contributed by atoms with Crippen molar-refractivity contribution in [2.24, 2.45) is 5.73 Å². The number of thiocarbonyl (C=S) groups is 1. The van der Waals surface area contributed by atoms with Crippen LogP contribution < -0.4 is 5.73 Å². The molecule has 0 unspecified atom stereocenters. The molecule has 4 heteroatoms. The van der Waals surface area contributed by atoms with E-state index >= 15 is 0 Å². The largest absolute Gasteiger partial charge is 0.448 e. The Hall–Kier alpha value is -0.900. The Kier molecular flexibility index (Phi) is 1.84. The highest BCUT2D eigenvalue weighted by Crippen LogP contribution is 2.35. The molecule has 0 spiro atoms. The van der Waals surface area contributed by atoms with Crippen molar-refractivity contribution in [1.82, 2.24) is 4.98 Å². The van der Waals surface area contributed by atoms with Gasteiger partial charge in [-0.2, -0.15) is 0 Å². The Bertz CT molecular complexity index is 304. The summed E-state index contributed by atoms with van der Waals surface area (Å²) < 4.78 is 5.25. The maximum absolute atomic E-state index is 5.40. The summed E-state index contributed by atoms with van der Waals surface area (Å²) in [5.41, 5.74) is 6.00. The van der Waals surface area contributed by atoms with Crippen molar-refractivity contribution >= 4 is 17.2 Å². The predicted molar refractivity (Wildman–Crippen MR) is 49.0 cm³/mol. The van der Waals surface area contributed by atoms with Gasteiger partial charge in [-0.3, -0.25) is 0 Å². The summed E-state index contributed by atoms with van der Waals surface area (Å²) in [6.45, 7) is 0. The molecule has 0 amide bonds. The zero-order valence-electron chi connectivity index (χ0n) is 6.62. The summed E-state index contributed by atoms with van der Waals surface area (Å²) in [5, 5.41) is 0. The molecule has 1 aliphatic carbocycles. The summed E-state index contributed by atoms with van der Waals surface area (Å²) >= 11 is 4.77. The van der Waals surface area contributed by atoms with Crippen LogP contribution in [-0.4, -0.2) is 9.97 Å². The lowest BCUT2D eigenvalue weighted by Gasteiger charge is -2.21. The molecule has 1 heterocycles. The van der Waals surface area contributed by atoms with Crippen LogP contribution in [0.2, 0.25) is 0 Å². The SMILES string of the molecule is NC(=S)c1coc(C2CCC2)n1. The molecule has 1 aromatic heterocycles. The van der Waals surface area contributed by atoms with Gasteiger partial charge in [-0.1, -0.05) is 18.6 Å². The second kappa shape index (κ2) is 2.86. The maximum Gasteiger partial charge on any atom is 0.197 e. The standard InChI is InChI=1S/C8H10N2OS/c9-7(12)6-4-11-8(10-6)5-2-1-3-5/h4-5H,1-3H2,(H2,9,12). The van der Waals surface area contributed by atoms with Crippen molar-refractivity contribution in [2.45, 2.75) is 25.2 Å². The molecule has 3 nitrogen and oxygen atoms in total. The molecule has 2 N–H and O–H groups in total. The van der Waals surface area contributed by atoms with Crippen LogP contribution in [0.25, 0.3) is 0 Å². The van der Waals surface area contributed by atoms with Gasteiger partial charge >= 0.3 is 0 Å². The molecule has 0 aliphatic heterocycles. The number of rotatable bonds is 2.